The van der Waals surface area contributed by atoms with Gasteiger partial charge in [-0.25, -0.2) is 0 Å². The van der Waals surface area contributed by atoms with Crippen molar-refractivity contribution in [2.24, 2.45) is 0 Å². The predicted octanol–water partition coefficient (Wildman–Crippen LogP) is 2.85. The Balaban J connectivity index is 2.85. The van der Waals surface area contributed by atoms with Gasteiger partial charge in [-0.1, -0.05) is 22.0 Å². The molecule has 0 aliphatic heterocycles. The van der Waals surface area contributed by atoms with Crippen LogP contribution in [-0.2, 0) is 4.79 Å². The molecular formula is C15H23BrN2O2. The van der Waals surface area contributed by atoms with Gasteiger partial charge in [-0.15, -0.1) is 0 Å². The first-order valence-corrected chi connectivity index (χ1v) is 7.66. The Morgan fingerprint density at radius 2 is 2.05 bits per heavy atom. The van der Waals surface area contributed by atoms with Crippen molar-refractivity contribution >= 4 is 27.5 Å². The fraction of sp³-hybridized carbons (Fsp3) is 0.533. The minimum atomic E-state index is -0.516. The van der Waals surface area contributed by atoms with Crippen molar-refractivity contribution in [2.45, 2.75) is 39.8 Å². The summed E-state index contributed by atoms with van der Waals surface area (Å²) < 4.78 is 0.854. The van der Waals surface area contributed by atoms with Crippen molar-refractivity contribution in [3.05, 3.63) is 28.2 Å². The standard InChI is InChI=1S/C15H23BrN2O2/c1-5-18(9-15(20)17-10(2)3)12-6-7-13(11(4)19)14(16)8-12/h6-8,10-11,19H,5,9H2,1-4H3,(H,17,20). The summed E-state index contributed by atoms with van der Waals surface area (Å²) in [6.45, 7) is 8.71. The van der Waals surface area contributed by atoms with E-state index in [0.717, 1.165) is 22.3 Å². The maximum Gasteiger partial charge on any atom is 0.239 e. The number of likely N-dealkylation sites (N-methyl/N-ethyl adjacent to an activating group) is 1. The molecule has 0 fully saturated rings. The van der Waals surface area contributed by atoms with E-state index in [-0.39, 0.29) is 11.9 Å². The normalized spacial score (nSPS) is 12.3. The number of amides is 1. The van der Waals surface area contributed by atoms with Gasteiger partial charge in [0.25, 0.3) is 0 Å². The Kier molecular flexibility index (Phi) is 6.49. The predicted molar refractivity (Wildman–Crippen MR) is 85.9 cm³/mol. The lowest BCUT2D eigenvalue weighted by Crippen LogP contribution is -2.40. The number of hydrogen-bond acceptors (Lipinski definition) is 3. The van der Waals surface area contributed by atoms with Crippen molar-refractivity contribution in [1.82, 2.24) is 5.32 Å². The smallest absolute Gasteiger partial charge is 0.239 e. The average molecular weight is 343 g/mol. The lowest BCUT2D eigenvalue weighted by atomic mass is 10.1. The van der Waals surface area contributed by atoms with E-state index in [2.05, 4.69) is 21.2 Å². The first-order valence-electron chi connectivity index (χ1n) is 6.87. The second-order valence-corrected chi connectivity index (χ2v) is 5.97. The van der Waals surface area contributed by atoms with Crippen LogP contribution in [0.5, 0.6) is 0 Å². The molecule has 1 unspecified atom stereocenters. The first-order chi connectivity index (χ1) is 9.35. The highest BCUT2D eigenvalue weighted by molar-refractivity contribution is 9.10. The van der Waals surface area contributed by atoms with Gasteiger partial charge in [0.1, 0.15) is 0 Å². The molecule has 20 heavy (non-hydrogen) atoms. The molecule has 0 spiro atoms. The van der Waals surface area contributed by atoms with Crippen LogP contribution in [0.1, 0.15) is 39.4 Å². The highest BCUT2D eigenvalue weighted by Crippen LogP contribution is 2.28. The van der Waals surface area contributed by atoms with Gasteiger partial charge >= 0.3 is 0 Å². The number of carbonyl (C=O) groups is 1. The SMILES string of the molecule is CCN(CC(=O)NC(C)C)c1ccc(C(C)O)c(Br)c1. The van der Waals surface area contributed by atoms with Gasteiger partial charge in [0.2, 0.25) is 5.91 Å². The van der Waals surface area contributed by atoms with Gasteiger partial charge in [0.15, 0.2) is 0 Å². The number of rotatable bonds is 6. The highest BCUT2D eigenvalue weighted by atomic mass is 79.9. The lowest BCUT2D eigenvalue weighted by Gasteiger charge is -2.24. The van der Waals surface area contributed by atoms with Crippen LogP contribution in [0.4, 0.5) is 5.69 Å². The monoisotopic (exact) mass is 342 g/mol. The number of hydrogen-bond donors (Lipinski definition) is 2. The van der Waals surface area contributed by atoms with E-state index in [1.165, 1.54) is 0 Å². The van der Waals surface area contributed by atoms with Crippen LogP contribution >= 0.6 is 15.9 Å². The Bertz CT molecular complexity index is 461. The average Bonchev–Trinajstić information content (AvgIpc) is 2.34. The van der Waals surface area contributed by atoms with E-state index in [4.69, 9.17) is 0 Å². The van der Waals surface area contributed by atoms with Crippen molar-refractivity contribution in [3.8, 4) is 0 Å². The number of benzene rings is 1. The van der Waals surface area contributed by atoms with Crippen LogP contribution < -0.4 is 10.2 Å². The van der Waals surface area contributed by atoms with E-state index in [1.807, 2.05) is 43.9 Å². The van der Waals surface area contributed by atoms with Crippen molar-refractivity contribution < 1.29 is 9.90 Å². The van der Waals surface area contributed by atoms with E-state index < -0.39 is 6.10 Å². The fourth-order valence-electron chi connectivity index (χ4n) is 1.98. The molecule has 1 amide bonds. The van der Waals surface area contributed by atoms with Crippen LogP contribution in [0.3, 0.4) is 0 Å². The van der Waals surface area contributed by atoms with E-state index in [1.54, 1.807) is 6.92 Å². The zero-order valence-electron chi connectivity index (χ0n) is 12.5. The molecule has 0 saturated carbocycles. The molecule has 0 aromatic heterocycles. The van der Waals surface area contributed by atoms with Gasteiger partial charge in [0.05, 0.1) is 12.6 Å². The molecule has 0 saturated heterocycles. The minimum Gasteiger partial charge on any atom is -0.389 e. The van der Waals surface area contributed by atoms with Gasteiger partial charge < -0.3 is 15.3 Å². The molecular weight excluding hydrogens is 320 g/mol. The summed E-state index contributed by atoms with van der Waals surface area (Å²) in [5.74, 6) is 0.0116. The largest absolute Gasteiger partial charge is 0.389 e. The molecule has 0 radical (unpaired) electrons. The molecule has 112 valence electrons. The minimum absolute atomic E-state index is 0.0116. The summed E-state index contributed by atoms with van der Waals surface area (Å²) in [7, 11) is 0. The number of nitrogens with zero attached hydrogens (tertiary/aromatic N) is 1. The van der Waals surface area contributed by atoms with Gasteiger partial charge in [-0.05, 0) is 45.4 Å². The van der Waals surface area contributed by atoms with Gasteiger partial charge in [-0.2, -0.15) is 0 Å². The zero-order chi connectivity index (χ0) is 15.3. The molecule has 0 aliphatic rings. The summed E-state index contributed by atoms with van der Waals surface area (Å²) in [6, 6.07) is 5.89. The third kappa shape index (κ3) is 4.80. The Morgan fingerprint density at radius 1 is 1.40 bits per heavy atom. The lowest BCUT2D eigenvalue weighted by molar-refractivity contribution is -0.120. The van der Waals surface area contributed by atoms with E-state index in [0.29, 0.717) is 6.54 Å². The molecule has 0 aliphatic carbocycles. The molecule has 2 N–H and O–H groups in total. The third-order valence-electron chi connectivity index (χ3n) is 2.97. The molecule has 1 aromatic rings. The number of halogens is 1. The second kappa shape index (κ2) is 7.64. The summed E-state index contributed by atoms with van der Waals surface area (Å²) in [5, 5.41) is 12.5. The van der Waals surface area contributed by atoms with Crippen LogP contribution in [0, 0.1) is 0 Å². The summed E-state index contributed by atoms with van der Waals surface area (Å²) in [6.07, 6.45) is -0.516. The molecule has 1 atom stereocenters. The summed E-state index contributed by atoms with van der Waals surface area (Å²) in [4.78, 5) is 13.8. The number of aliphatic hydroxyl groups is 1. The molecule has 0 bridgehead atoms. The Morgan fingerprint density at radius 3 is 2.50 bits per heavy atom. The van der Waals surface area contributed by atoms with Crippen LogP contribution in [0.25, 0.3) is 0 Å². The highest BCUT2D eigenvalue weighted by Gasteiger charge is 2.13. The first kappa shape index (κ1) is 17.0. The summed E-state index contributed by atoms with van der Waals surface area (Å²) in [5.41, 5.74) is 1.80. The molecule has 1 rings (SSSR count). The molecule has 0 heterocycles. The van der Waals surface area contributed by atoms with E-state index >= 15 is 0 Å². The molecule has 4 nitrogen and oxygen atoms in total. The quantitative estimate of drug-likeness (QED) is 0.835. The van der Waals surface area contributed by atoms with Crippen molar-refractivity contribution in [1.29, 1.82) is 0 Å². The van der Waals surface area contributed by atoms with Gasteiger partial charge in [-0.3, -0.25) is 4.79 Å². The second-order valence-electron chi connectivity index (χ2n) is 5.12. The fourth-order valence-corrected chi connectivity index (χ4v) is 2.68. The zero-order valence-corrected chi connectivity index (χ0v) is 14.1. The number of nitrogens with one attached hydrogen (secondary N) is 1. The van der Waals surface area contributed by atoms with Crippen LogP contribution in [-0.4, -0.2) is 30.1 Å². The Hall–Kier alpha value is -1.07. The topological polar surface area (TPSA) is 52.6 Å². The maximum atomic E-state index is 11.9. The number of carbonyl (C=O) groups excluding carboxylic acids is 1. The molecule has 1 aromatic carbocycles. The van der Waals surface area contributed by atoms with Crippen molar-refractivity contribution in [3.63, 3.8) is 0 Å². The van der Waals surface area contributed by atoms with Crippen LogP contribution in [0.15, 0.2) is 22.7 Å². The van der Waals surface area contributed by atoms with Gasteiger partial charge in [0, 0.05) is 22.7 Å². The Labute approximate surface area is 129 Å². The van der Waals surface area contributed by atoms with E-state index in [9.17, 15) is 9.90 Å². The number of anilines is 1. The number of aliphatic hydroxyl groups excluding tert-OH is 1. The van der Waals surface area contributed by atoms with Crippen LogP contribution in [0.2, 0.25) is 0 Å². The third-order valence-corrected chi connectivity index (χ3v) is 3.65. The maximum absolute atomic E-state index is 11.9. The van der Waals surface area contributed by atoms with Crippen molar-refractivity contribution in [2.75, 3.05) is 18.0 Å². The molecule has 5 heteroatoms. The summed E-state index contributed by atoms with van der Waals surface area (Å²) >= 11 is 3.46.